The summed E-state index contributed by atoms with van der Waals surface area (Å²) in [5.41, 5.74) is 0. The van der Waals surface area contributed by atoms with Gasteiger partial charge >= 0.3 is 0 Å². The Morgan fingerprint density at radius 3 is 2.38 bits per heavy atom. The van der Waals surface area contributed by atoms with E-state index in [1.165, 1.54) is 44.5 Å². The zero-order valence-electron chi connectivity index (χ0n) is 15.3. The van der Waals surface area contributed by atoms with Gasteiger partial charge in [0.1, 0.15) is 0 Å². The second kappa shape index (κ2) is 9.86. The predicted octanol–water partition coefficient (Wildman–Crippen LogP) is 3.60. The number of guanidine groups is 1. The van der Waals surface area contributed by atoms with Crippen molar-refractivity contribution in [3.8, 4) is 0 Å². The molecule has 2 saturated heterocycles. The van der Waals surface area contributed by atoms with E-state index in [1.54, 1.807) is 0 Å². The summed E-state index contributed by atoms with van der Waals surface area (Å²) in [5.74, 6) is 4.12. The molecule has 0 bridgehead atoms. The SMILES string of the molecule is CCSC1(CNC(=NC)N2CC3CCCCC3C2)CCOCC1.I. The van der Waals surface area contributed by atoms with E-state index in [-0.39, 0.29) is 24.0 Å². The van der Waals surface area contributed by atoms with Crippen molar-refractivity contribution in [1.82, 2.24) is 10.2 Å². The van der Waals surface area contributed by atoms with Crippen molar-refractivity contribution in [2.45, 2.75) is 50.2 Å². The fraction of sp³-hybridized carbons (Fsp3) is 0.944. The van der Waals surface area contributed by atoms with Crippen LogP contribution >= 0.6 is 35.7 Å². The minimum Gasteiger partial charge on any atom is -0.381 e. The van der Waals surface area contributed by atoms with Gasteiger partial charge in [0, 0.05) is 44.6 Å². The normalized spacial score (nSPS) is 29.8. The van der Waals surface area contributed by atoms with Crippen LogP contribution in [0.1, 0.15) is 45.4 Å². The highest BCUT2D eigenvalue weighted by Crippen LogP contribution is 2.37. The summed E-state index contributed by atoms with van der Waals surface area (Å²) in [6.45, 7) is 7.51. The van der Waals surface area contributed by atoms with Crippen LogP contribution in [0.3, 0.4) is 0 Å². The highest BCUT2D eigenvalue weighted by Gasteiger charge is 2.37. The van der Waals surface area contributed by atoms with Crippen LogP contribution in [-0.2, 0) is 4.74 Å². The summed E-state index contributed by atoms with van der Waals surface area (Å²) >= 11 is 2.10. The van der Waals surface area contributed by atoms with Crippen LogP contribution in [0, 0.1) is 11.8 Å². The molecular formula is C18H34IN3OS. The van der Waals surface area contributed by atoms with E-state index < -0.39 is 0 Å². The Morgan fingerprint density at radius 2 is 1.83 bits per heavy atom. The van der Waals surface area contributed by atoms with E-state index in [2.05, 4.69) is 33.9 Å². The molecule has 0 aromatic heterocycles. The summed E-state index contributed by atoms with van der Waals surface area (Å²) in [7, 11) is 1.94. The van der Waals surface area contributed by atoms with Crippen molar-refractivity contribution in [3.63, 3.8) is 0 Å². The van der Waals surface area contributed by atoms with Gasteiger partial charge in [0.05, 0.1) is 0 Å². The highest BCUT2D eigenvalue weighted by atomic mass is 127. The molecule has 0 spiro atoms. The monoisotopic (exact) mass is 467 g/mol. The molecule has 0 aromatic rings. The summed E-state index contributed by atoms with van der Waals surface area (Å²) in [6.07, 6.45) is 8.01. The highest BCUT2D eigenvalue weighted by molar-refractivity contribution is 14.0. The molecule has 24 heavy (non-hydrogen) atoms. The standard InChI is InChI=1S/C18H33N3OS.HI/c1-3-23-18(8-10-22-11-9-18)14-20-17(19-2)21-12-15-6-4-5-7-16(15)13-21;/h15-16H,3-14H2,1-2H3,(H,19,20);1H. The Morgan fingerprint density at radius 1 is 1.21 bits per heavy atom. The number of hydrogen-bond donors (Lipinski definition) is 1. The van der Waals surface area contributed by atoms with Gasteiger partial charge in [-0.1, -0.05) is 19.8 Å². The Bertz CT molecular complexity index is 396. The maximum absolute atomic E-state index is 5.59. The molecule has 0 radical (unpaired) electrons. The average molecular weight is 467 g/mol. The van der Waals surface area contributed by atoms with Gasteiger partial charge in [0.15, 0.2) is 5.96 Å². The van der Waals surface area contributed by atoms with Crippen molar-refractivity contribution >= 4 is 41.7 Å². The molecule has 3 aliphatic rings. The fourth-order valence-corrected chi connectivity index (χ4v) is 5.81. The van der Waals surface area contributed by atoms with Gasteiger partial charge in [-0.2, -0.15) is 11.8 Å². The maximum atomic E-state index is 5.59. The van der Waals surface area contributed by atoms with E-state index in [4.69, 9.17) is 4.74 Å². The van der Waals surface area contributed by atoms with E-state index in [0.717, 1.165) is 50.4 Å². The van der Waals surface area contributed by atoms with Crippen LogP contribution in [0.4, 0.5) is 0 Å². The second-order valence-electron chi connectivity index (χ2n) is 7.34. The van der Waals surface area contributed by atoms with Gasteiger partial charge in [0.2, 0.25) is 0 Å². The molecule has 0 aromatic carbocycles. The van der Waals surface area contributed by atoms with Crippen LogP contribution < -0.4 is 5.32 Å². The lowest BCUT2D eigenvalue weighted by Crippen LogP contribution is -2.49. The smallest absolute Gasteiger partial charge is 0.193 e. The van der Waals surface area contributed by atoms with Crippen LogP contribution in [0.2, 0.25) is 0 Å². The third kappa shape index (κ3) is 4.93. The minimum atomic E-state index is 0. The number of halogens is 1. The van der Waals surface area contributed by atoms with Crippen LogP contribution in [0.5, 0.6) is 0 Å². The molecule has 6 heteroatoms. The number of likely N-dealkylation sites (tertiary alicyclic amines) is 1. The second-order valence-corrected chi connectivity index (χ2v) is 9.07. The van der Waals surface area contributed by atoms with Gasteiger partial charge in [-0.15, -0.1) is 24.0 Å². The molecule has 4 nitrogen and oxygen atoms in total. The number of nitrogens with one attached hydrogen (secondary N) is 1. The van der Waals surface area contributed by atoms with E-state index in [9.17, 15) is 0 Å². The lowest BCUT2D eigenvalue weighted by molar-refractivity contribution is 0.0780. The number of rotatable bonds is 4. The third-order valence-corrected chi connectivity index (χ3v) is 7.36. The maximum Gasteiger partial charge on any atom is 0.193 e. The summed E-state index contributed by atoms with van der Waals surface area (Å²) in [5, 5.41) is 3.72. The molecule has 3 rings (SSSR count). The first-order valence-electron chi connectivity index (χ1n) is 9.43. The van der Waals surface area contributed by atoms with Gasteiger partial charge in [-0.3, -0.25) is 4.99 Å². The lowest BCUT2D eigenvalue weighted by atomic mass is 9.82. The summed E-state index contributed by atoms with van der Waals surface area (Å²) in [6, 6.07) is 0. The van der Waals surface area contributed by atoms with E-state index in [1.807, 2.05) is 7.05 Å². The first-order chi connectivity index (χ1) is 11.3. The molecule has 1 N–H and O–H groups in total. The quantitative estimate of drug-likeness (QED) is 0.390. The van der Waals surface area contributed by atoms with Gasteiger partial charge in [-0.25, -0.2) is 0 Å². The molecule has 2 unspecified atom stereocenters. The first kappa shape index (κ1) is 20.6. The Labute approximate surface area is 169 Å². The zero-order valence-corrected chi connectivity index (χ0v) is 18.4. The number of hydrogen-bond acceptors (Lipinski definition) is 3. The first-order valence-corrected chi connectivity index (χ1v) is 10.4. The Kier molecular flexibility index (Phi) is 8.47. The number of fused-ring (bicyclic) bond motifs is 1. The van der Waals surface area contributed by atoms with Crippen molar-refractivity contribution < 1.29 is 4.74 Å². The zero-order chi connectivity index (χ0) is 16.1. The van der Waals surface area contributed by atoms with Gasteiger partial charge in [0.25, 0.3) is 0 Å². The number of ether oxygens (including phenoxy) is 1. The van der Waals surface area contributed by atoms with Gasteiger partial charge in [-0.05, 0) is 43.3 Å². The Balaban J connectivity index is 0.00000208. The summed E-state index contributed by atoms with van der Waals surface area (Å²) in [4.78, 5) is 7.11. The van der Waals surface area contributed by atoms with Crippen molar-refractivity contribution in [1.29, 1.82) is 0 Å². The molecule has 1 saturated carbocycles. The molecule has 2 heterocycles. The van der Waals surface area contributed by atoms with E-state index in [0.29, 0.717) is 4.75 Å². The van der Waals surface area contributed by atoms with Crippen LogP contribution in [-0.4, -0.2) is 61.3 Å². The van der Waals surface area contributed by atoms with Crippen LogP contribution in [0.15, 0.2) is 4.99 Å². The molecule has 2 aliphatic heterocycles. The average Bonchev–Trinajstić information content (AvgIpc) is 3.00. The number of nitrogens with zero attached hydrogens (tertiary/aromatic N) is 2. The van der Waals surface area contributed by atoms with Gasteiger partial charge < -0.3 is 15.0 Å². The van der Waals surface area contributed by atoms with Crippen molar-refractivity contribution in [2.24, 2.45) is 16.8 Å². The lowest BCUT2D eigenvalue weighted by Gasteiger charge is -2.37. The predicted molar refractivity (Wildman–Crippen MR) is 115 cm³/mol. The van der Waals surface area contributed by atoms with Crippen LogP contribution in [0.25, 0.3) is 0 Å². The Hall–Kier alpha value is 0.310. The minimum absolute atomic E-state index is 0. The molecule has 1 aliphatic carbocycles. The van der Waals surface area contributed by atoms with E-state index >= 15 is 0 Å². The fourth-order valence-electron chi connectivity index (χ4n) is 4.57. The topological polar surface area (TPSA) is 36.9 Å². The summed E-state index contributed by atoms with van der Waals surface area (Å²) < 4.78 is 5.92. The molecule has 0 amide bonds. The molecular weight excluding hydrogens is 433 g/mol. The molecule has 2 atom stereocenters. The third-order valence-electron chi connectivity index (χ3n) is 5.91. The largest absolute Gasteiger partial charge is 0.381 e. The molecule has 3 fully saturated rings. The number of aliphatic imine (C=N–C) groups is 1. The number of thioether (sulfide) groups is 1. The van der Waals surface area contributed by atoms with Crippen molar-refractivity contribution in [3.05, 3.63) is 0 Å². The van der Waals surface area contributed by atoms with Crippen molar-refractivity contribution in [2.75, 3.05) is 45.6 Å². The molecule has 140 valence electrons.